The lowest BCUT2D eigenvalue weighted by Gasteiger charge is -2.25. The van der Waals surface area contributed by atoms with Crippen molar-refractivity contribution in [3.05, 3.63) is 12.7 Å². The molecule has 10 heavy (non-hydrogen) atoms. The summed E-state index contributed by atoms with van der Waals surface area (Å²) in [6.45, 7) is 4.28. The van der Waals surface area contributed by atoms with E-state index in [9.17, 15) is 4.79 Å². The van der Waals surface area contributed by atoms with Gasteiger partial charge in [0.25, 0.3) is 0 Å². The van der Waals surface area contributed by atoms with E-state index in [0.717, 1.165) is 0 Å². The molecule has 0 heterocycles. The first-order valence-corrected chi connectivity index (χ1v) is 3.19. The summed E-state index contributed by atoms with van der Waals surface area (Å²) in [6, 6.07) is 0. The predicted octanol–water partition coefficient (Wildman–Crippen LogP) is -0.266. The van der Waals surface area contributed by atoms with Gasteiger partial charge in [0.15, 0.2) is 0 Å². The molecule has 0 aliphatic carbocycles. The van der Waals surface area contributed by atoms with Crippen molar-refractivity contribution in [3.63, 3.8) is 0 Å². The Hall–Kier alpha value is -0.670. The van der Waals surface area contributed by atoms with Crippen molar-refractivity contribution in [2.24, 2.45) is 5.73 Å². The van der Waals surface area contributed by atoms with Crippen molar-refractivity contribution < 1.29 is 9.28 Å². The standard InChI is InChI=1S/C7H15N2O/c1-4-7(10)5-9(2,3)6-8/h4H,1,5-6,8H2,2-3H3/q+1. The Morgan fingerprint density at radius 1 is 1.70 bits per heavy atom. The quantitative estimate of drug-likeness (QED) is 0.334. The molecule has 3 heteroatoms. The number of hydrogen-bond donors (Lipinski definition) is 1. The fourth-order valence-electron chi connectivity index (χ4n) is 0.551. The third-order valence-corrected chi connectivity index (χ3v) is 1.31. The number of hydrogen-bond acceptors (Lipinski definition) is 2. The van der Waals surface area contributed by atoms with E-state index in [2.05, 4.69) is 6.58 Å². The third kappa shape index (κ3) is 3.37. The molecule has 0 bridgehead atoms. The summed E-state index contributed by atoms with van der Waals surface area (Å²) in [7, 11) is 3.81. The Morgan fingerprint density at radius 3 is 2.50 bits per heavy atom. The highest BCUT2D eigenvalue weighted by Gasteiger charge is 2.14. The summed E-state index contributed by atoms with van der Waals surface area (Å²) in [6.07, 6.45) is 1.33. The minimum absolute atomic E-state index is 0.0375. The van der Waals surface area contributed by atoms with Crippen LogP contribution in [0.4, 0.5) is 0 Å². The van der Waals surface area contributed by atoms with E-state index in [4.69, 9.17) is 5.73 Å². The smallest absolute Gasteiger partial charge is 0.209 e. The molecule has 0 saturated heterocycles. The molecular formula is C7H15N2O+. The average molecular weight is 143 g/mol. The van der Waals surface area contributed by atoms with Crippen molar-refractivity contribution in [2.75, 3.05) is 27.3 Å². The molecule has 0 unspecified atom stereocenters. The number of ketones is 1. The Kier molecular flexibility index (Phi) is 3.25. The second-order valence-electron chi connectivity index (χ2n) is 2.95. The molecule has 0 saturated carbocycles. The summed E-state index contributed by atoms with van der Waals surface area (Å²) in [4.78, 5) is 10.8. The Morgan fingerprint density at radius 2 is 2.20 bits per heavy atom. The Balaban J connectivity index is 3.87. The van der Waals surface area contributed by atoms with Gasteiger partial charge in [0, 0.05) is 0 Å². The highest BCUT2D eigenvalue weighted by Crippen LogP contribution is 1.92. The van der Waals surface area contributed by atoms with Gasteiger partial charge in [-0.05, 0) is 6.08 Å². The maximum atomic E-state index is 10.8. The molecule has 0 amide bonds. The highest BCUT2D eigenvalue weighted by atomic mass is 16.1. The number of carbonyl (C=O) groups excluding carboxylic acids is 1. The molecule has 0 aromatic carbocycles. The molecule has 0 atom stereocenters. The lowest BCUT2D eigenvalue weighted by molar-refractivity contribution is -0.881. The zero-order valence-electron chi connectivity index (χ0n) is 6.63. The van der Waals surface area contributed by atoms with Gasteiger partial charge in [-0.15, -0.1) is 0 Å². The summed E-state index contributed by atoms with van der Waals surface area (Å²) in [5, 5.41) is 0. The monoisotopic (exact) mass is 143 g/mol. The minimum Gasteiger partial charge on any atom is -0.310 e. The van der Waals surface area contributed by atoms with Crippen LogP contribution < -0.4 is 5.73 Å². The zero-order valence-corrected chi connectivity index (χ0v) is 6.63. The minimum atomic E-state index is 0.0375. The second-order valence-corrected chi connectivity index (χ2v) is 2.95. The first-order valence-electron chi connectivity index (χ1n) is 3.19. The first-order chi connectivity index (χ1) is 4.52. The SMILES string of the molecule is C=CC(=O)C[N+](C)(C)CN. The lowest BCUT2D eigenvalue weighted by atomic mass is 10.3. The number of nitrogens with zero attached hydrogens (tertiary/aromatic N) is 1. The van der Waals surface area contributed by atoms with Gasteiger partial charge in [-0.2, -0.15) is 0 Å². The molecule has 0 aromatic heterocycles. The summed E-state index contributed by atoms with van der Waals surface area (Å²) in [5.74, 6) is 0.0375. The molecule has 2 N–H and O–H groups in total. The van der Waals surface area contributed by atoms with Crippen molar-refractivity contribution in [1.29, 1.82) is 0 Å². The van der Waals surface area contributed by atoms with E-state index in [1.165, 1.54) is 6.08 Å². The molecule has 58 valence electrons. The van der Waals surface area contributed by atoms with Crippen LogP contribution in [0.15, 0.2) is 12.7 Å². The topological polar surface area (TPSA) is 43.1 Å². The Labute approximate surface area is 61.7 Å². The van der Waals surface area contributed by atoms with Crippen molar-refractivity contribution in [2.45, 2.75) is 0 Å². The van der Waals surface area contributed by atoms with Crippen LogP contribution in [0, 0.1) is 0 Å². The van der Waals surface area contributed by atoms with Gasteiger partial charge in [-0.1, -0.05) is 6.58 Å². The van der Waals surface area contributed by atoms with Gasteiger partial charge in [-0.25, -0.2) is 0 Å². The van der Waals surface area contributed by atoms with Gasteiger partial charge in [0.2, 0.25) is 5.78 Å². The molecule has 0 spiro atoms. The molecule has 0 aliphatic rings. The van der Waals surface area contributed by atoms with Gasteiger partial charge in [0.05, 0.1) is 14.1 Å². The number of carbonyl (C=O) groups is 1. The van der Waals surface area contributed by atoms with Crippen molar-refractivity contribution in [3.8, 4) is 0 Å². The molecular weight excluding hydrogens is 128 g/mol. The van der Waals surface area contributed by atoms with Gasteiger partial charge >= 0.3 is 0 Å². The summed E-state index contributed by atoms with van der Waals surface area (Å²) in [5.41, 5.74) is 5.39. The Bertz CT molecular complexity index is 141. The normalized spacial score (nSPS) is 11.1. The molecule has 0 radical (unpaired) electrons. The molecule has 0 fully saturated rings. The average Bonchev–Trinajstić information content (AvgIpc) is 1.87. The number of likely N-dealkylation sites (N-methyl/N-ethyl adjacent to an activating group) is 1. The molecule has 0 rings (SSSR count). The van der Waals surface area contributed by atoms with Crippen molar-refractivity contribution >= 4 is 5.78 Å². The van der Waals surface area contributed by atoms with E-state index in [0.29, 0.717) is 17.7 Å². The van der Waals surface area contributed by atoms with Crippen LogP contribution in [0.3, 0.4) is 0 Å². The molecule has 0 aromatic rings. The van der Waals surface area contributed by atoms with E-state index >= 15 is 0 Å². The fourth-order valence-corrected chi connectivity index (χ4v) is 0.551. The number of nitrogens with two attached hydrogens (primary N) is 1. The van der Waals surface area contributed by atoms with Crippen LogP contribution in [-0.4, -0.2) is 37.6 Å². The van der Waals surface area contributed by atoms with Gasteiger partial charge < -0.3 is 4.48 Å². The maximum Gasteiger partial charge on any atom is 0.209 e. The highest BCUT2D eigenvalue weighted by molar-refractivity contribution is 5.90. The summed E-state index contributed by atoms with van der Waals surface area (Å²) >= 11 is 0. The van der Waals surface area contributed by atoms with Crippen LogP contribution in [0.25, 0.3) is 0 Å². The maximum absolute atomic E-state index is 10.8. The van der Waals surface area contributed by atoms with Gasteiger partial charge in [0.1, 0.15) is 13.2 Å². The third-order valence-electron chi connectivity index (χ3n) is 1.31. The molecule has 0 aliphatic heterocycles. The van der Waals surface area contributed by atoms with E-state index in [1.54, 1.807) is 0 Å². The van der Waals surface area contributed by atoms with E-state index in [1.807, 2.05) is 14.1 Å². The van der Waals surface area contributed by atoms with E-state index in [-0.39, 0.29) is 5.78 Å². The van der Waals surface area contributed by atoms with Crippen LogP contribution in [0.1, 0.15) is 0 Å². The van der Waals surface area contributed by atoms with Crippen LogP contribution in [0.5, 0.6) is 0 Å². The first kappa shape index (κ1) is 9.33. The zero-order chi connectivity index (χ0) is 8.20. The van der Waals surface area contributed by atoms with Crippen LogP contribution in [-0.2, 0) is 4.79 Å². The second kappa shape index (κ2) is 3.49. The largest absolute Gasteiger partial charge is 0.310 e. The lowest BCUT2D eigenvalue weighted by Crippen LogP contribution is -2.47. The fraction of sp³-hybridized carbons (Fsp3) is 0.571. The van der Waals surface area contributed by atoms with E-state index < -0.39 is 0 Å². The number of rotatable bonds is 4. The molecule has 3 nitrogen and oxygen atoms in total. The predicted molar refractivity (Wildman–Crippen MR) is 41.2 cm³/mol. The van der Waals surface area contributed by atoms with Crippen LogP contribution in [0.2, 0.25) is 0 Å². The van der Waals surface area contributed by atoms with Crippen molar-refractivity contribution in [1.82, 2.24) is 0 Å². The summed E-state index contributed by atoms with van der Waals surface area (Å²) < 4.78 is 0.519. The van der Waals surface area contributed by atoms with Crippen LogP contribution >= 0.6 is 0 Å². The number of quaternary nitrogens is 1. The van der Waals surface area contributed by atoms with Gasteiger partial charge in [-0.3, -0.25) is 10.5 Å².